The summed E-state index contributed by atoms with van der Waals surface area (Å²) in [6.45, 7) is 3.49. The first-order chi connectivity index (χ1) is 51.4. The molecule has 47 heteroatoms. The van der Waals surface area contributed by atoms with Crippen LogP contribution in [0.1, 0.15) is 74.1 Å². The van der Waals surface area contributed by atoms with E-state index in [0.717, 1.165) is 24.5 Å². The molecule has 18 amide bonds. The zero-order chi connectivity index (χ0) is 83.2. The van der Waals surface area contributed by atoms with Crippen molar-refractivity contribution in [3.8, 4) is 0 Å². The van der Waals surface area contributed by atoms with Gasteiger partial charge in [0.05, 0.1) is 65.6 Å². The van der Waals surface area contributed by atoms with E-state index in [1.54, 1.807) is 0 Å². The number of carboxylic acids is 1. The molecule has 2 fully saturated rings. The normalized spacial score (nSPS) is 11.6. The summed E-state index contributed by atoms with van der Waals surface area (Å²) in [7, 11) is 4.28. The largest absolute Gasteiger partial charge is 0.480 e. The van der Waals surface area contributed by atoms with Crippen molar-refractivity contribution < 1.29 is 135 Å². The summed E-state index contributed by atoms with van der Waals surface area (Å²) in [5.41, 5.74) is 0. The van der Waals surface area contributed by atoms with Crippen LogP contribution in [-0.4, -0.2) is 368 Å². The number of carbonyl (C=O) groups excluding carboxylic acids is 21. The predicted molar refractivity (Wildman–Crippen MR) is 381 cm³/mol. The van der Waals surface area contributed by atoms with Gasteiger partial charge in [0, 0.05) is 102 Å². The standard InChI is InChI=1S/C23H39N7O10.C16H25N5O7.C9H13N3O5.2C7H14N2O3.CH4/c1-16(31)28-11-19(34)26-6-4-8-39-22(37)14-30(21(36)13-25-10-18(33)24-3)15-23(38)40-9-5-7-27-20(35)12-29-17(2)32;1-11(22)19-6-12(23)18-4-3-5-28-16(27)10-21-9-14(25)20(8-15(21)26)7-13(24)17-2;1-10-6(13)2-11-3-8(15)12(4-7(11)14)5-9(16)17;2*1-6(11)9-5-7(12)8-3-2-4-10;/h25H,4-15H2,1-3H3,(H,24,33)(H,26,34)(H,27,35)(H,28,31)(H,29,32);3-10H2,1-2H3,(H,17,24)(H,18,23)(H,19,22);2-5H2,1H3,(H,10,13)(H,16,17);2*10H,2-5H2,1H3,(H,8,12)(H,9,11);1H4. The minimum atomic E-state index is -1.18. The molecule has 0 aromatic heterocycles. The molecule has 0 aromatic carbocycles. The number of rotatable bonds is 44. The van der Waals surface area contributed by atoms with Crippen molar-refractivity contribution in [2.24, 2.45) is 0 Å². The number of nitrogens with one attached hydrogen (secondary N) is 14. The Morgan fingerprint density at radius 3 is 0.873 bits per heavy atom. The molecule has 0 aliphatic carbocycles. The molecular formula is C63H109N19O28. The maximum absolute atomic E-state index is 12.6. The lowest BCUT2D eigenvalue weighted by atomic mass is 10.3. The van der Waals surface area contributed by atoms with Gasteiger partial charge in [-0.25, -0.2) is 0 Å². The number of hydrogen-bond donors (Lipinski definition) is 17. The first-order valence-electron chi connectivity index (χ1n) is 33.6. The number of aliphatic carboxylic acids is 1. The molecular weight excluding hydrogens is 1470 g/mol. The van der Waals surface area contributed by atoms with E-state index in [2.05, 4.69) is 74.4 Å². The predicted octanol–water partition coefficient (Wildman–Crippen LogP) is -12.5. The molecule has 0 unspecified atom stereocenters. The van der Waals surface area contributed by atoms with Crippen molar-refractivity contribution in [2.45, 2.75) is 74.1 Å². The first-order valence-corrected chi connectivity index (χ1v) is 33.6. The summed E-state index contributed by atoms with van der Waals surface area (Å²) in [5, 5.41) is 59.4. The zero-order valence-electron chi connectivity index (χ0n) is 62.4. The monoisotopic (exact) mass is 1580 g/mol. The number of carbonyl (C=O) groups is 22. The molecule has 2 aliphatic heterocycles. The Morgan fingerprint density at radius 1 is 0.345 bits per heavy atom. The van der Waals surface area contributed by atoms with Crippen molar-refractivity contribution in [1.29, 1.82) is 0 Å². The fourth-order valence-electron chi connectivity index (χ4n) is 7.38. The Kier molecular flexibility index (Phi) is 61.2. The van der Waals surface area contributed by atoms with Crippen LogP contribution in [0.15, 0.2) is 0 Å². The zero-order valence-corrected chi connectivity index (χ0v) is 62.4. The number of carboxylic acid groups (broad SMARTS) is 1. The van der Waals surface area contributed by atoms with Gasteiger partial charge in [-0.05, 0) is 32.1 Å². The molecule has 0 saturated carbocycles. The maximum atomic E-state index is 12.6. The van der Waals surface area contributed by atoms with Crippen LogP contribution in [0.2, 0.25) is 0 Å². The highest BCUT2D eigenvalue weighted by Crippen LogP contribution is 2.07. The van der Waals surface area contributed by atoms with E-state index in [-0.39, 0.29) is 224 Å². The Labute approximate surface area is 634 Å². The van der Waals surface area contributed by atoms with E-state index in [9.17, 15) is 105 Å². The molecule has 2 heterocycles. The first kappa shape index (κ1) is 105. The van der Waals surface area contributed by atoms with E-state index >= 15 is 0 Å². The van der Waals surface area contributed by atoms with Crippen molar-refractivity contribution in [2.75, 3.05) is 198 Å². The van der Waals surface area contributed by atoms with Crippen LogP contribution in [0.3, 0.4) is 0 Å². The van der Waals surface area contributed by atoms with E-state index < -0.39 is 90.8 Å². The fourth-order valence-corrected chi connectivity index (χ4v) is 7.38. The molecule has 0 radical (unpaired) electrons. The van der Waals surface area contributed by atoms with Crippen molar-refractivity contribution in [1.82, 2.24) is 98.9 Å². The van der Waals surface area contributed by atoms with Crippen LogP contribution in [0.5, 0.6) is 0 Å². The molecule has 0 aromatic rings. The SMILES string of the molecule is C.CC(=O)NCC(=O)NCCCO.CC(=O)NCC(=O)NCCCO.CNC(=O)CN1CC(=O)N(CC(=O)O)CC1=O.CNC(=O)CN1CC(=O)N(CC(=O)OCCCNC(=O)CNC(C)=O)CC1=O.CNC(=O)CNCC(=O)N(CC(=O)OCCCNC(=O)CNC(C)=O)CC(=O)OCCCNC(=O)CNC(C)=O. The highest BCUT2D eigenvalue weighted by atomic mass is 16.5. The Balaban J connectivity index is -0.000000692. The average molecular weight is 1580 g/mol. The van der Waals surface area contributed by atoms with Gasteiger partial charge in [0.15, 0.2) is 0 Å². The number of aliphatic hydroxyl groups is 2. The van der Waals surface area contributed by atoms with E-state index in [0.29, 0.717) is 32.4 Å². The average Bonchev–Trinajstić information content (AvgIpc) is 0.856. The van der Waals surface area contributed by atoms with Gasteiger partial charge < -0.3 is 123 Å². The molecule has 2 saturated heterocycles. The van der Waals surface area contributed by atoms with Crippen LogP contribution >= 0.6 is 0 Å². The quantitative estimate of drug-likeness (QED) is 0.0153. The highest BCUT2D eigenvalue weighted by Gasteiger charge is 2.34. The summed E-state index contributed by atoms with van der Waals surface area (Å²) in [4.78, 5) is 254. The number of hydrogen-bond acceptors (Lipinski definition) is 28. The van der Waals surface area contributed by atoms with E-state index in [1.165, 1.54) is 55.8 Å². The molecule has 2 rings (SSSR count). The fraction of sp³-hybridized carbons (Fsp3) is 0.651. The third-order valence-corrected chi connectivity index (χ3v) is 12.9. The molecule has 2 aliphatic rings. The van der Waals surface area contributed by atoms with Crippen LogP contribution in [0.4, 0.5) is 0 Å². The second-order valence-corrected chi connectivity index (χ2v) is 22.4. The summed E-state index contributed by atoms with van der Waals surface area (Å²) in [6, 6.07) is 0. The van der Waals surface area contributed by atoms with Gasteiger partial charge in [-0.2, -0.15) is 0 Å². The number of likely N-dealkylation sites (N-methyl/N-ethyl adjacent to an activating group) is 3. The second-order valence-electron chi connectivity index (χ2n) is 22.4. The number of amides is 18. The maximum Gasteiger partial charge on any atom is 0.325 e. The van der Waals surface area contributed by atoms with Gasteiger partial charge in [-0.1, -0.05) is 7.43 Å². The minimum Gasteiger partial charge on any atom is -0.480 e. The molecule has 0 bridgehead atoms. The Bertz CT molecular complexity index is 2960. The number of aliphatic hydroxyl groups excluding tert-OH is 2. The molecule has 17 N–H and O–H groups in total. The van der Waals surface area contributed by atoms with Crippen molar-refractivity contribution >= 4 is 130 Å². The summed E-state index contributed by atoms with van der Waals surface area (Å²) in [5.74, 6) is -10.2. The summed E-state index contributed by atoms with van der Waals surface area (Å²) < 4.78 is 15.1. The van der Waals surface area contributed by atoms with Crippen molar-refractivity contribution in [3.63, 3.8) is 0 Å². The van der Waals surface area contributed by atoms with Crippen LogP contribution in [-0.2, 0) is 120 Å². The third-order valence-electron chi connectivity index (χ3n) is 12.9. The lowest BCUT2D eigenvalue weighted by Gasteiger charge is -2.32. The summed E-state index contributed by atoms with van der Waals surface area (Å²) in [6.07, 6.45) is 1.95. The van der Waals surface area contributed by atoms with Gasteiger partial charge in [0.1, 0.15) is 65.4 Å². The molecule has 0 spiro atoms. The lowest BCUT2D eigenvalue weighted by molar-refractivity contribution is -0.157. The molecule has 47 nitrogen and oxygen atoms in total. The van der Waals surface area contributed by atoms with E-state index in [4.69, 9.17) is 29.5 Å². The third kappa shape index (κ3) is 61.4. The van der Waals surface area contributed by atoms with E-state index in [1.807, 2.05) is 0 Å². The van der Waals surface area contributed by atoms with Gasteiger partial charge in [0.2, 0.25) is 106 Å². The Hall–Kier alpha value is -11.8. The van der Waals surface area contributed by atoms with Gasteiger partial charge in [0.25, 0.3) is 0 Å². The minimum absolute atomic E-state index is 0. The van der Waals surface area contributed by atoms with Crippen LogP contribution in [0.25, 0.3) is 0 Å². The summed E-state index contributed by atoms with van der Waals surface area (Å²) >= 11 is 0. The topological polar surface area (TPSA) is 649 Å². The van der Waals surface area contributed by atoms with Crippen LogP contribution in [0, 0.1) is 0 Å². The van der Waals surface area contributed by atoms with Crippen molar-refractivity contribution in [3.05, 3.63) is 0 Å². The van der Waals surface area contributed by atoms with Crippen LogP contribution < -0.4 is 74.4 Å². The van der Waals surface area contributed by atoms with Gasteiger partial charge in [-0.15, -0.1) is 0 Å². The molecule has 0 atom stereocenters. The van der Waals surface area contributed by atoms with Gasteiger partial charge >= 0.3 is 23.9 Å². The number of ether oxygens (including phenoxy) is 3. The molecule has 624 valence electrons. The number of piperazine rings is 2. The number of nitrogens with zero attached hydrogens (tertiary/aromatic N) is 5. The lowest BCUT2D eigenvalue weighted by Crippen LogP contribution is -2.56. The smallest absolute Gasteiger partial charge is 0.325 e. The highest BCUT2D eigenvalue weighted by molar-refractivity contribution is 5.98. The molecule has 110 heavy (non-hydrogen) atoms. The second kappa shape index (κ2) is 64.4. The van der Waals surface area contributed by atoms with Gasteiger partial charge in [-0.3, -0.25) is 111 Å². The number of esters is 3. The Morgan fingerprint density at radius 2 is 0.609 bits per heavy atom.